The van der Waals surface area contributed by atoms with Crippen molar-refractivity contribution in [3.8, 4) is 0 Å². The zero-order valence-electron chi connectivity index (χ0n) is 10.7. The molecule has 0 aromatic heterocycles. The normalized spacial score (nSPS) is 12.6. The zero-order chi connectivity index (χ0) is 14.8. The maximum Gasteiger partial charge on any atom is 0.312 e. The van der Waals surface area contributed by atoms with Crippen molar-refractivity contribution in [1.82, 2.24) is 0 Å². The van der Waals surface area contributed by atoms with Gasteiger partial charge in [0, 0.05) is 4.92 Å². The molecule has 0 radical (unpaired) electrons. The van der Waals surface area contributed by atoms with E-state index in [-0.39, 0.29) is 25.0 Å². The number of hydrogen-bond donors (Lipinski definition) is 1. The second-order valence-electron chi connectivity index (χ2n) is 3.67. The summed E-state index contributed by atoms with van der Waals surface area (Å²) in [6.07, 6.45) is -0.705. The smallest absolute Gasteiger partial charge is 0.312 e. The molecule has 0 fully saturated rings. The lowest BCUT2D eigenvalue weighted by atomic mass is 10.0. The van der Waals surface area contributed by atoms with E-state index in [0.717, 1.165) is 7.11 Å². The van der Waals surface area contributed by atoms with Crippen molar-refractivity contribution < 1.29 is 29.2 Å². The number of hydrogen-bond acceptors (Lipinski definition) is 8. The van der Waals surface area contributed by atoms with Crippen molar-refractivity contribution in [3.63, 3.8) is 0 Å². The Labute approximate surface area is 109 Å². The molecular weight excluding hydrogens is 260 g/mol. The summed E-state index contributed by atoms with van der Waals surface area (Å²) in [5, 5.41) is 22.4. The van der Waals surface area contributed by atoms with E-state index in [1.54, 1.807) is 0 Å². The minimum atomic E-state index is -1.25. The first kappa shape index (κ1) is 16.8. The molecule has 0 aliphatic rings. The quantitative estimate of drug-likeness (QED) is 0.223. The fourth-order valence-electron chi connectivity index (χ4n) is 1.31. The van der Waals surface area contributed by atoms with Gasteiger partial charge in [-0.15, -0.1) is 0 Å². The number of rotatable bonds is 8. The molecule has 0 amide bonds. The first-order chi connectivity index (χ1) is 8.94. The molecule has 0 saturated carbocycles. The first-order valence-electron chi connectivity index (χ1n) is 5.41. The highest BCUT2D eigenvalue weighted by Gasteiger charge is 2.27. The average Bonchev–Trinajstić information content (AvgIpc) is 2.40. The van der Waals surface area contributed by atoms with E-state index in [1.807, 2.05) is 0 Å². The van der Waals surface area contributed by atoms with E-state index >= 15 is 0 Å². The summed E-state index contributed by atoms with van der Waals surface area (Å²) >= 11 is 0. The fraction of sp³-hybridized carbons (Fsp3) is 0.700. The van der Waals surface area contributed by atoms with Crippen LogP contribution in [0.1, 0.15) is 25.7 Å². The highest BCUT2D eigenvalue weighted by Crippen LogP contribution is 2.09. The number of ether oxygens (including phenoxy) is 2. The van der Waals surface area contributed by atoms with Crippen molar-refractivity contribution in [2.75, 3.05) is 14.2 Å². The number of methoxy groups -OCH3 is 2. The molecule has 19 heavy (non-hydrogen) atoms. The van der Waals surface area contributed by atoms with E-state index in [4.69, 9.17) is 5.21 Å². The topological polar surface area (TPSA) is 128 Å². The molecule has 0 aliphatic carbocycles. The van der Waals surface area contributed by atoms with Gasteiger partial charge in [0.05, 0.1) is 32.8 Å². The molecule has 0 aliphatic heterocycles. The summed E-state index contributed by atoms with van der Waals surface area (Å²) in [6, 6.07) is -1.25. The molecule has 1 unspecified atom stereocenters. The summed E-state index contributed by atoms with van der Waals surface area (Å²) in [7, 11) is 2.33. The molecule has 0 spiro atoms. The molecule has 108 valence electrons. The predicted molar refractivity (Wildman–Crippen MR) is 62.5 cm³/mol. The van der Waals surface area contributed by atoms with Crippen LogP contribution in [0.25, 0.3) is 0 Å². The Morgan fingerprint density at radius 1 is 1.21 bits per heavy atom. The summed E-state index contributed by atoms with van der Waals surface area (Å²) in [4.78, 5) is 32.0. The Bertz CT molecular complexity index is 367. The van der Waals surface area contributed by atoms with Crippen LogP contribution in [0.5, 0.6) is 0 Å². The molecule has 0 rings (SSSR count). The largest absolute Gasteiger partial charge is 0.469 e. The molecule has 0 aromatic carbocycles. The van der Waals surface area contributed by atoms with Crippen molar-refractivity contribution in [1.29, 1.82) is 0 Å². The fourth-order valence-corrected chi connectivity index (χ4v) is 1.31. The molecule has 9 heteroatoms. The number of nitrogens with zero attached hydrogens (tertiary/aromatic N) is 2. The average molecular weight is 276 g/mol. The van der Waals surface area contributed by atoms with Crippen LogP contribution in [0.4, 0.5) is 0 Å². The lowest BCUT2D eigenvalue weighted by Gasteiger charge is -2.09. The first-order valence-corrected chi connectivity index (χ1v) is 5.41. The Kier molecular flexibility index (Phi) is 7.82. The van der Waals surface area contributed by atoms with Crippen LogP contribution in [-0.4, -0.2) is 48.0 Å². The molecule has 0 heterocycles. The number of esters is 2. The van der Waals surface area contributed by atoms with Gasteiger partial charge in [0.25, 0.3) is 0 Å². The van der Waals surface area contributed by atoms with Gasteiger partial charge in [-0.3, -0.25) is 19.7 Å². The number of carbonyl (C=O) groups is 2. The van der Waals surface area contributed by atoms with E-state index in [9.17, 15) is 19.7 Å². The number of oxime groups is 1. The van der Waals surface area contributed by atoms with Crippen LogP contribution in [0.2, 0.25) is 0 Å². The number of carbonyl (C=O) groups excluding carboxylic acids is 2. The van der Waals surface area contributed by atoms with Gasteiger partial charge in [-0.25, -0.2) is 0 Å². The van der Waals surface area contributed by atoms with Gasteiger partial charge in [-0.1, -0.05) is 5.16 Å². The zero-order valence-corrected chi connectivity index (χ0v) is 10.7. The minimum absolute atomic E-state index is 0.0225. The summed E-state index contributed by atoms with van der Waals surface area (Å²) < 4.78 is 8.74. The Morgan fingerprint density at radius 2 is 1.79 bits per heavy atom. The van der Waals surface area contributed by atoms with Gasteiger partial charge in [-0.05, 0) is 6.42 Å². The molecule has 0 bridgehead atoms. The maximum absolute atomic E-state index is 11.0. The summed E-state index contributed by atoms with van der Waals surface area (Å²) in [5.41, 5.74) is 0.0519. The third-order valence-corrected chi connectivity index (χ3v) is 2.39. The van der Waals surface area contributed by atoms with E-state index in [1.165, 1.54) is 7.11 Å². The van der Waals surface area contributed by atoms with Gasteiger partial charge < -0.3 is 14.7 Å². The molecule has 1 N–H and O–H groups in total. The standard InChI is InChI=1S/C10H16N2O7/c1-18-9(13)4-3-7(11-15)5-8(12(16)17)6-10(14)19-2/h8,15H,3-6H2,1-2H3/b11-7+. The van der Waals surface area contributed by atoms with Gasteiger partial charge in [0.1, 0.15) is 6.42 Å². The van der Waals surface area contributed by atoms with Crippen LogP contribution < -0.4 is 0 Å². The van der Waals surface area contributed by atoms with E-state index in [0.29, 0.717) is 0 Å². The monoisotopic (exact) mass is 276 g/mol. The molecule has 0 saturated heterocycles. The lowest BCUT2D eigenvalue weighted by Crippen LogP contribution is -2.27. The van der Waals surface area contributed by atoms with Crippen molar-refractivity contribution in [2.45, 2.75) is 31.7 Å². The van der Waals surface area contributed by atoms with Crippen LogP contribution in [0.15, 0.2) is 5.16 Å². The third-order valence-electron chi connectivity index (χ3n) is 2.39. The molecule has 0 aromatic rings. The Hall–Kier alpha value is -2.19. The third kappa shape index (κ3) is 6.96. The summed E-state index contributed by atoms with van der Waals surface area (Å²) in [6.45, 7) is 0. The Morgan fingerprint density at radius 3 is 2.21 bits per heavy atom. The maximum atomic E-state index is 11.0. The van der Waals surface area contributed by atoms with Gasteiger partial charge >= 0.3 is 11.9 Å². The highest BCUT2D eigenvalue weighted by atomic mass is 16.6. The van der Waals surface area contributed by atoms with E-state index in [2.05, 4.69) is 14.6 Å². The lowest BCUT2D eigenvalue weighted by molar-refractivity contribution is -0.519. The van der Waals surface area contributed by atoms with Crippen LogP contribution in [0.3, 0.4) is 0 Å². The Balaban J connectivity index is 4.50. The van der Waals surface area contributed by atoms with Gasteiger partial charge in [0.15, 0.2) is 0 Å². The minimum Gasteiger partial charge on any atom is -0.469 e. The second kappa shape index (κ2) is 8.84. The van der Waals surface area contributed by atoms with E-state index < -0.39 is 29.3 Å². The second-order valence-corrected chi connectivity index (χ2v) is 3.67. The van der Waals surface area contributed by atoms with Crippen LogP contribution in [0, 0.1) is 10.1 Å². The van der Waals surface area contributed by atoms with Crippen molar-refractivity contribution >= 4 is 17.7 Å². The highest BCUT2D eigenvalue weighted by molar-refractivity contribution is 5.87. The SMILES string of the molecule is COC(=O)CC/C(CC(CC(=O)OC)[N+](=O)[O-])=N\O. The molecule has 1 atom stereocenters. The molecular formula is C10H16N2O7. The molecule has 9 nitrogen and oxygen atoms in total. The van der Waals surface area contributed by atoms with Crippen molar-refractivity contribution in [2.24, 2.45) is 5.16 Å². The van der Waals surface area contributed by atoms with Crippen molar-refractivity contribution in [3.05, 3.63) is 10.1 Å². The predicted octanol–water partition coefficient (Wildman–Crippen LogP) is 0.368. The summed E-state index contributed by atoms with van der Waals surface area (Å²) in [5.74, 6) is -1.25. The number of nitro groups is 1. The van der Waals surface area contributed by atoms with Gasteiger partial charge in [0.2, 0.25) is 6.04 Å². The van der Waals surface area contributed by atoms with Gasteiger partial charge in [-0.2, -0.15) is 0 Å². The van der Waals surface area contributed by atoms with Crippen LogP contribution in [-0.2, 0) is 19.1 Å². The van der Waals surface area contributed by atoms with Crippen LogP contribution >= 0.6 is 0 Å².